The van der Waals surface area contributed by atoms with E-state index >= 15 is 0 Å². The smallest absolute Gasteiger partial charge is 0.258 e. The largest absolute Gasteiger partial charge is 0.475 e. The monoisotopic (exact) mass is 418 g/mol. The van der Waals surface area contributed by atoms with E-state index in [1.54, 1.807) is 6.20 Å². The van der Waals surface area contributed by atoms with Crippen LogP contribution in [0.1, 0.15) is 34.5 Å². The zero-order chi connectivity index (χ0) is 21.2. The Hall–Kier alpha value is -3.19. The number of benzene rings is 1. The summed E-state index contributed by atoms with van der Waals surface area (Å²) in [6, 6.07) is 13.8. The van der Waals surface area contributed by atoms with Crippen LogP contribution in [-0.4, -0.2) is 51.4 Å². The molecule has 0 unspecified atom stereocenters. The van der Waals surface area contributed by atoms with Gasteiger partial charge in [0.1, 0.15) is 12.3 Å². The van der Waals surface area contributed by atoms with Crippen LogP contribution in [0, 0.1) is 6.92 Å². The topological polar surface area (TPSA) is 69.5 Å². The van der Waals surface area contributed by atoms with E-state index in [-0.39, 0.29) is 11.9 Å². The summed E-state index contributed by atoms with van der Waals surface area (Å²) in [5.74, 6) is 0.597. The fourth-order valence-corrected chi connectivity index (χ4v) is 4.31. The first-order valence-electron chi connectivity index (χ1n) is 10.8. The van der Waals surface area contributed by atoms with Gasteiger partial charge in [-0.2, -0.15) is 5.10 Å². The van der Waals surface area contributed by atoms with Crippen molar-refractivity contribution >= 4 is 5.91 Å². The predicted molar refractivity (Wildman–Crippen MR) is 116 cm³/mol. The number of amides is 1. The second-order valence-electron chi connectivity index (χ2n) is 8.09. The van der Waals surface area contributed by atoms with Crippen LogP contribution in [0.4, 0.5) is 0 Å². The van der Waals surface area contributed by atoms with Crippen LogP contribution in [0.2, 0.25) is 0 Å². The number of nitrogens with zero attached hydrogens (tertiary/aromatic N) is 4. The first-order valence-corrected chi connectivity index (χ1v) is 10.8. The fourth-order valence-electron chi connectivity index (χ4n) is 4.31. The molecular formula is C24H26N4O3. The molecule has 1 amide bonds. The van der Waals surface area contributed by atoms with Crippen LogP contribution >= 0.6 is 0 Å². The molecule has 31 heavy (non-hydrogen) atoms. The van der Waals surface area contributed by atoms with Gasteiger partial charge in [0, 0.05) is 24.4 Å². The molecule has 7 heteroatoms. The van der Waals surface area contributed by atoms with Crippen LogP contribution in [0.5, 0.6) is 5.88 Å². The number of rotatable bonds is 5. The molecule has 0 aliphatic carbocycles. The lowest BCUT2D eigenvalue weighted by Crippen LogP contribution is -2.39. The molecule has 160 valence electrons. The SMILES string of the molecule is Cc1ccc(OC[C@@H]2CCCN2C(=O)c2c(-c3ccccc3)nn3c2COCC3)nc1. The molecule has 2 aromatic heterocycles. The summed E-state index contributed by atoms with van der Waals surface area (Å²) in [6.07, 6.45) is 3.66. The quantitative estimate of drug-likeness (QED) is 0.635. The Balaban J connectivity index is 1.42. The number of hydrogen-bond acceptors (Lipinski definition) is 5. The van der Waals surface area contributed by atoms with Crippen LogP contribution in [0.15, 0.2) is 48.7 Å². The second kappa shape index (κ2) is 8.51. The first kappa shape index (κ1) is 19.8. The third-order valence-electron chi connectivity index (χ3n) is 5.95. The number of carbonyl (C=O) groups is 1. The van der Waals surface area contributed by atoms with Crippen molar-refractivity contribution in [1.82, 2.24) is 19.7 Å². The lowest BCUT2D eigenvalue weighted by atomic mass is 10.0. The van der Waals surface area contributed by atoms with Gasteiger partial charge in [0.05, 0.1) is 37.1 Å². The van der Waals surface area contributed by atoms with E-state index < -0.39 is 0 Å². The molecule has 0 N–H and O–H groups in total. The highest BCUT2D eigenvalue weighted by Crippen LogP contribution is 2.31. The van der Waals surface area contributed by atoms with Gasteiger partial charge in [-0.05, 0) is 25.3 Å². The van der Waals surface area contributed by atoms with Crippen molar-refractivity contribution < 1.29 is 14.3 Å². The average molecular weight is 418 g/mol. The Labute approximate surface area is 181 Å². The van der Waals surface area contributed by atoms with Gasteiger partial charge in [-0.1, -0.05) is 36.4 Å². The molecule has 0 saturated carbocycles. The Bertz CT molecular complexity index is 1060. The predicted octanol–water partition coefficient (Wildman–Crippen LogP) is 3.47. The van der Waals surface area contributed by atoms with Crippen molar-refractivity contribution in [2.24, 2.45) is 0 Å². The van der Waals surface area contributed by atoms with Gasteiger partial charge in [-0.15, -0.1) is 0 Å². The maximum atomic E-state index is 13.8. The van der Waals surface area contributed by atoms with Gasteiger partial charge in [0.25, 0.3) is 5.91 Å². The molecule has 5 rings (SSSR count). The molecule has 0 spiro atoms. The molecule has 2 aliphatic rings. The van der Waals surface area contributed by atoms with E-state index in [1.165, 1.54) is 0 Å². The zero-order valence-corrected chi connectivity index (χ0v) is 17.7. The van der Waals surface area contributed by atoms with Crippen molar-refractivity contribution in [3.05, 3.63) is 65.5 Å². The molecule has 1 fully saturated rings. The standard InChI is InChI=1S/C24H26N4O3/c1-17-9-10-21(25-14-17)31-15-19-8-5-11-27(19)24(29)22-20-16-30-13-12-28(20)26-23(22)18-6-3-2-4-7-18/h2-4,6-7,9-10,14,19H,5,8,11-13,15-16H2,1H3/t19-/m0/s1. The number of hydrogen-bond donors (Lipinski definition) is 0. The van der Waals surface area contributed by atoms with E-state index in [2.05, 4.69) is 4.98 Å². The number of carbonyl (C=O) groups excluding carboxylic acids is 1. The van der Waals surface area contributed by atoms with Crippen molar-refractivity contribution in [2.75, 3.05) is 19.8 Å². The first-order chi connectivity index (χ1) is 15.2. The van der Waals surface area contributed by atoms with Crippen molar-refractivity contribution in [1.29, 1.82) is 0 Å². The summed E-state index contributed by atoms with van der Waals surface area (Å²) < 4.78 is 13.5. The lowest BCUT2D eigenvalue weighted by molar-refractivity contribution is 0.0651. The Morgan fingerprint density at radius 2 is 2.06 bits per heavy atom. The third kappa shape index (κ3) is 3.93. The second-order valence-corrected chi connectivity index (χ2v) is 8.09. The molecule has 0 bridgehead atoms. The van der Waals surface area contributed by atoms with E-state index in [9.17, 15) is 4.79 Å². The summed E-state index contributed by atoms with van der Waals surface area (Å²) in [7, 11) is 0. The number of fused-ring (bicyclic) bond motifs is 1. The number of pyridine rings is 1. The Morgan fingerprint density at radius 1 is 1.19 bits per heavy atom. The van der Waals surface area contributed by atoms with Crippen LogP contribution in [0.25, 0.3) is 11.3 Å². The van der Waals surface area contributed by atoms with Gasteiger partial charge >= 0.3 is 0 Å². The van der Waals surface area contributed by atoms with Gasteiger partial charge in [-0.3, -0.25) is 9.48 Å². The van der Waals surface area contributed by atoms with Crippen molar-refractivity contribution in [3.8, 4) is 17.1 Å². The zero-order valence-electron chi connectivity index (χ0n) is 17.7. The third-order valence-corrected chi connectivity index (χ3v) is 5.95. The van der Waals surface area contributed by atoms with Gasteiger partial charge in [0.2, 0.25) is 5.88 Å². The van der Waals surface area contributed by atoms with Crippen LogP contribution < -0.4 is 4.74 Å². The maximum absolute atomic E-state index is 13.8. The van der Waals surface area contributed by atoms with E-state index in [1.807, 2.05) is 59.0 Å². The average Bonchev–Trinajstić information content (AvgIpc) is 3.44. The van der Waals surface area contributed by atoms with Crippen molar-refractivity contribution in [3.63, 3.8) is 0 Å². The van der Waals surface area contributed by atoms with E-state index in [4.69, 9.17) is 14.6 Å². The maximum Gasteiger partial charge on any atom is 0.258 e. The molecule has 0 radical (unpaired) electrons. The number of aryl methyl sites for hydroxylation is 1. The highest BCUT2D eigenvalue weighted by Gasteiger charge is 2.35. The summed E-state index contributed by atoms with van der Waals surface area (Å²) in [4.78, 5) is 20.0. The van der Waals surface area contributed by atoms with Crippen LogP contribution in [0.3, 0.4) is 0 Å². The van der Waals surface area contributed by atoms with Crippen LogP contribution in [-0.2, 0) is 17.9 Å². The molecule has 1 aromatic carbocycles. The minimum absolute atomic E-state index is 0.00793. The summed E-state index contributed by atoms with van der Waals surface area (Å²) >= 11 is 0. The fraction of sp³-hybridized carbons (Fsp3) is 0.375. The molecule has 1 atom stereocenters. The summed E-state index contributed by atoms with van der Waals surface area (Å²) in [5, 5.41) is 4.79. The Kier molecular flexibility index (Phi) is 5.42. The number of ether oxygens (including phenoxy) is 2. The van der Waals surface area contributed by atoms with Gasteiger partial charge in [-0.25, -0.2) is 4.98 Å². The highest BCUT2D eigenvalue weighted by atomic mass is 16.5. The van der Waals surface area contributed by atoms with E-state index in [0.29, 0.717) is 44.4 Å². The number of likely N-dealkylation sites (tertiary alicyclic amines) is 1. The van der Waals surface area contributed by atoms with Gasteiger partial charge < -0.3 is 14.4 Å². The van der Waals surface area contributed by atoms with E-state index in [0.717, 1.165) is 35.4 Å². The Morgan fingerprint density at radius 3 is 2.87 bits per heavy atom. The molecule has 1 saturated heterocycles. The van der Waals surface area contributed by atoms with Crippen molar-refractivity contribution in [2.45, 2.75) is 39.0 Å². The lowest BCUT2D eigenvalue weighted by Gasteiger charge is -2.25. The molecule has 4 heterocycles. The minimum Gasteiger partial charge on any atom is -0.475 e. The molecule has 3 aromatic rings. The molecular weight excluding hydrogens is 392 g/mol. The highest BCUT2D eigenvalue weighted by molar-refractivity contribution is 6.01. The normalized spacial score (nSPS) is 18.1. The summed E-state index contributed by atoms with van der Waals surface area (Å²) in [5.41, 5.74) is 4.29. The van der Waals surface area contributed by atoms with Gasteiger partial charge in [0.15, 0.2) is 0 Å². The summed E-state index contributed by atoms with van der Waals surface area (Å²) in [6.45, 7) is 4.82. The molecule has 7 nitrogen and oxygen atoms in total. The minimum atomic E-state index is 0.00793. The molecule has 2 aliphatic heterocycles. The number of aromatic nitrogens is 3.